The van der Waals surface area contributed by atoms with Crippen LogP contribution in [0.4, 0.5) is 5.69 Å². The summed E-state index contributed by atoms with van der Waals surface area (Å²) in [6.45, 7) is 1.69. The Balaban J connectivity index is 1.96. The first-order valence-corrected chi connectivity index (χ1v) is 12.7. The minimum Gasteiger partial charge on any atom is -0.463 e. The molecule has 0 saturated carbocycles. The zero-order valence-electron chi connectivity index (χ0n) is 21.0. The van der Waals surface area contributed by atoms with E-state index in [-0.39, 0.29) is 13.0 Å². The van der Waals surface area contributed by atoms with Crippen LogP contribution < -0.4 is 11.1 Å². The monoisotopic (exact) mass is 548 g/mol. The number of rotatable bonds is 10. The number of nitrogens with one attached hydrogen (secondary N) is 1. The van der Waals surface area contributed by atoms with E-state index in [0.717, 1.165) is 18.7 Å². The largest absolute Gasteiger partial charge is 0.463 e. The second-order valence-electron chi connectivity index (χ2n) is 8.93. The quantitative estimate of drug-likeness (QED) is 0.209. The van der Waals surface area contributed by atoms with Crippen molar-refractivity contribution < 1.29 is 43.9 Å². The lowest BCUT2D eigenvalue weighted by Gasteiger charge is -2.47. The molecule has 2 aromatic rings. The zero-order chi connectivity index (χ0) is 27.9. The smallest absolute Gasteiger partial charge is 0.349 e. The molecule has 0 aromatic heterocycles. The third-order valence-corrected chi connectivity index (χ3v) is 7.08. The average Bonchev–Trinajstić information content (AvgIpc) is 2.88. The van der Waals surface area contributed by atoms with Crippen LogP contribution in [0.5, 0.6) is 0 Å². The van der Waals surface area contributed by atoms with Gasteiger partial charge >= 0.3 is 11.9 Å². The van der Waals surface area contributed by atoms with Crippen LogP contribution in [0.3, 0.4) is 0 Å². The van der Waals surface area contributed by atoms with E-state index in [9.17, 15) is 29.7 Å². The summed E-state index contributed by atoms with van der Waals surface area (Å²) in [6, 6.07) is 14.3. The predicted octanol–water partition coefficient (Wildman–Crippen LogP) is 0.740. The predicted molar refractivity (Wildman–Crippen MR) is 137 cm³/mol. The normalized spacial score (nSPS) is 24.6. The molecule has 6 atom stereocenters. The van der Waals surface area contributed by atoms with E-state index in [4.69, 9.17) is 19.9 Å². The van der Waals surface area contributed by atoms with Gasteiger partial charge < -0.3 is 40.6 Å². The number of nitrogen functional groups attached to an aromatic ring is 1. The van der Waals surface area contributed by atoms with E-state index in [1.807, 2.05) is 6.07 Å². The van der Waals surface area contributed by atoms with Crippen LogP contribution in [-0.2, 0) is 35.2 Å². The zero-order valence-corrected chi connectivity index (χ0v) is 21.8. The third kappa shape index (κ3) is 7.68. The summed E-state index contributed by atoms with van der Waals surface area (Å²) in [5.74, 6) is -2.05. The Hall–Kier alpha value is -3.16. The van der Waals surface area contributed by atoms with Gasteiger partial charge in [0.25, 0.3) is 0 Å². The number of carbonyl (C=O) groups is 3. The van der Waals surface area contributed by atoms with Crippen molar-refractivity contribution in [1.82, 2.24) is 5.32 Å². The summed E-state index contributed by atoms with van der Waals surface area (Å²) in [4.78, 5) is 35.3. The summed E-state index contributed by atoms with van der Waals surface area (Å²) in [5.41, 5.74) is 7.00. The third-order valence-electron chi connectivity index (χ3n) is 5.82. The van der Waals surface area contributed by atoms with Crippen molar-refractivity contribution in [2.75, 3.05) is 12.3 Å². The lowest BCUT2D eigenvalue weighted by molar-refractivity contribution is -0.210. The summed E-state index contributed by atoms with van der Waals surface area (Å²) in [6.07, 6.45) is -6.61. The number of esters is 2. The highest BCUT2D eigenvalue weighted by atomic mass is 32.2. The van der Waals surface area contributed by atoms with E-state index in [0.29, 0.717) is 16.1 Å². The van der Waals surface area contributed by atoms with Crippen molar-refractivity contribution in [1.29, 1.82) is 0 Å². The molecule has 206 valence electrons. The second-order valence-corrected chi connectivity index (χ2v) is 10.3. The summed E-state index contributed by atoms with van der Waals surface area (Å²) < 4.78 is 16.5. The number of aliphatic hydroxyl groups is 3. The van der Waals surface area contributed by atoms with E-state index in [1.165, 1.54) is 6.92 Å². The minimum atomic E-state index is -1.88. The molecule has 2 aromatic carbocycles. The maximum absolute atomic E-state index is 13.6. The average molecular weight is 549 g/mol. The molecular weight excluding hydrogens is 516 g/mol. The maximum atomic E-state index is 13.6. The van der Waals surface area contributed by atoms with E-state index in [2.05, 4.69) is 5.32 Å². The Kier molecular flexibility index (Phi) is 10.1. The van der Waals surface area contributed by atoms with Gasteiger partial charge in [-0.2, -0.15) is 0 Å². The number of benzene rings is 2. The number of thioether (sulfide) groups is 1. The highest BCUT2D eigenvalue weighted by molar-refractivity contribution is 8.01. The van der Waals surface area contributed by atoms with Gasteiger partial charge in [-0.15, -0.1) is 0 Å². The molecule has 0 bridgehead atoms. The first-order valence-electron chi connectivity index (χ1n) is 11.9. The van der Waals surface area contributed by atoms with Gasteiger partial charge in [-0.05, 0) is 29.8 Å². The van der Waals surface area contributed by atoms with Crippen LogP contribution in [0.1, 0.15) is 25.8 Å². The number of carbonyl (C=O) groups excluding carboxylic acids is 3. The van der Waals surface area contributed by atoms with Gasteiger partial charge in [0.05, 0.1) is 12.1 Å². The van der Waals surface area contributed by atoms with Gasteiger partial charge in [0.2, 0.25) is 10.8 Å². The molecule has 0 radical (unpaired) electrons. The van der Waals surface area contributed by atoms with Crippen molar-refractivity contribution >= 4 is 35.3 Å². The number of amides is 1. The Morgan fingerprint density at radius 1 is 1.11 bits per heavy atom. The Bertz CT molecular complexity index is 1100. The number of aliphatic hydroxyl groups excluding tert-OH is 3. The molecule has 0 unspecified atom stereocenters. The molecule has 12 heteroatoms. The standard InChI is InChI=1S/C26H32N2O9S/c1-15(29)28-22-20(31)12-26(38-19-10-8-18(27)9-11-19,25(34)36-13-17-6-4-3-5-7-17)37-24(22)23(33)21(32)14-35-16(2)30/h3-11,20-24,31-33H,12-14,27H2,1-2H3,(H,28,29)/t20-,21+,22+,23+,24+,26-/m0/s1. The number of anilines is 1. The van der Waals surface area contributed by atoms with Gasteiger partial charge in [-0.25, -0.2) is 4.79 Å². The van der Waals surface area contributed by atoms with Crippen molar-refractivity contribution in [3.8, 4) is 0 Å². The molecule has 3 rings (SSSR count). The molecule has 6 N–H and O–H groups in total. The van der Waals surface area contributed by atoms with E-state index in [1.54, 1.807) is 48.5 Å². The molecule has 1 heterocycles. The SMILES string of the molecule is CC(=O)N[C@H]1[C@H]([C@H](O)[C@H](O)COC(C)=O)O[C@@](Sc2ccc(N)cc2)(C(=O)OCc2ccccc2)C[C@@H]1O. The first-order chi connectivity index (χ1) is 18.0. The highest BCUT2D eigenvalue weighted by Crippen LogP contribution is 2.45. The van der Waals surface area contributed by atoms with Crippen LogP contribution >= 0.6 is 11.8 Å². The van der Waals surface area contributed by atoms with Crippen LogP contribution in [0.2, 0.25) is 0 Å². The van der Waals surface area contributed by atoms with Crippen molar-refractivity contribution in [3.63, 3.8) is 0 Å². The summed E-state index contributed by atoms with van der Waals surface area (Å²) >= 11 is 0.937. The number of hydrogen-bond acceptors (Lipinski definition) is 11. The molecule has 1 saturated heterocycles. The Morgan fingerprint density at radius 3 is 2.37 bits per heavy atom. The Labute approximate surface area is 224 Å². The summed E-state index contributed by atoms with van der Waals surface area (Å²) in [7, 11) is 0. The van der Waals surface area contributed by atoms with Gasteiger partial charge in [-0.3, -0.25) is 9.59 Å². The van der Waals surface area contributed by atoms with E-state index < -0.39 is 59.8 Å². The Morgan fingerprint density at radius 2 is 1.76 bits per heavy atom. The minimum absolute atomic E-state index is 0.0827. The molecule has 1 aliphatic rings. The van der Waals surface area contributed by atoms with Gasteiger partial charge in [0, 0.05) is 30.9 Å². The lowest BCUT2D eigenvalue weighted by Crippen LogP contribution is -2.66. The van der Waals surface area contributed by atoms with Crippen molar-refractivity contribution in [2.45, 2.75) is 67.2 Å². The van der Waals surface area contributed by atoms with Crippen LogP contribution in [0.25, 0.3) is 0 Å². The fourth-order valence-corrected chi connectivity index (χ4v) is 5.18. The fraction of sp³-hybridized carbons (Fsp3) is 0.423. The van der Waals surface area contributed by atoms with Gasteiger partial charge in [0.15, 0.2) is 0 Å². The van der Waals surface area contributed by atoms with Gasteiger partial charge in [0.1, 0.15) is 31.5 Å². The van der Waals surface area contributed by atoms with E-state index >= 15 is 0 Å². The molecular formula is C26H32N2O9S. The molecule has 1 aliphatic heterocycles. The van der Waals surface area contributed by atoms with Crippen molar-refractivity contribution in [3.05, 3.63) is 60.2 Å². The number of ether oxygens (including phenoxy) is 3. The van der Waals surface area contributed by atoms with Crippen LogP contribution in [0.15, 0.2) is 59.5 Å². The van der Waals surface area contributed by atoms with Crippen LogP contribution in [-0.4, -0.2) is 75.2 Å². The lowest BCUT2D eigenvalue weighted by atomic mass is 9.89. The summed E-state index contributed by atoms with van der Waals surface area (Å²) in [5, 5.41) is 35.1. The van der Waals surface area contributed by atoms with Crippen molar-refractivity contribution in [2.24, 2.45) is 0 Å². The molecule has 0 spiro atoms. The molecule has 11 nitrogen and oxygen atoms in total. The molecule has 0 aliphatic carbocycles. The second kappa shape index (κ2) is 13.1. The molecule has 38 heavy (non-hydrogen) atoms. The maximum Gasteiger partial charge on any atom is 0.349 e. The molecule has 1 fully saturated rings. The highest BCUT2D eigenvalue weighted by Gasteiger charge is 2.56. The molecule has 1 amide bonds. The number of hydrogen-bond donors (Lipinski definition) is 5. The first kappa shape index (κ1) is 29.4. The number of nitrogens with two attached hydrogens (primary N) is 1. The van der Waals surface area contributed by atoms with Gasteiger partial charge in [-0.1, -0.05) is 42.1 Å². The fourth-order valence-electron chi connectivity index (χ4n) is 3.98. The topological polar surface area (TPSA) is 178 Å². The van der Waals surface area contributed by atoms with Crippen LogP contribution in [0, 0.1) is 0 Å².